The van der Waals surface area contributed by atoms with Crippen molar-refractivity contribution >= 4 is 17.7 Å². The van der Waals surface area contributed by atoms with Gasteiger partial charge in [-0.2, -0.15) is 5.26 Å². The minimum atomic E-state index is -0.0591. The number of nitrogens with zero attached hydrogens (tertiary/aromatic N) is 5. The molecule has 0 spiro atoms. The Morgan fingerprint density at radius 3 is 2.52 bits per heavy atom. The van der Waals surface area contributed by atoms with Gasteiger partial charge in [-0.25, -0.2) is 0 Å². The van der Waals surface area contributed by atoms with E-state index in [-0.39, 0.29) is 18.3 Å². The standard InChI is InChI=1S/C23H25N5O2S/c1-17-9-7-10-18(2)22(17)30-15-20-25-26-23(28(20)19-11-5-4-6-12-19)31-16-21(29)27(3)14-8-13-24/h4-7,9-12H,8,14-16H2,1-3H3. The van der Waals surface area contributed by atoms with Crippen LogP contribution < -0.4 is 4.74 Å². The summed E-state index contributed by atoms with van der Waals surface area (Å²) in [6.45, 7) is 4.69. The molecule has 0 atom stereocenters. The van der Waals surface area contributed by atoms with Gasteiger partial charge in [0.25, 0.3) is 0 Å². The van der Waals surface area contributed by atoms with Crippen molar-refractivity contribution in [3.8, 4) is 17.5 Å². The van der Waals surface area contributed by atoms with Crippen LogP contribution in [0.1, 0.15) is 23.4 Å². The zero-order valence-electron chi connectivity index (χ0n) is 17.9. The summed E-state index contributed by atoms with van der Waals surface area (Å²) >= 11 is 1.32. The monoisotopic (exact) mass is 435 g/mol. The minimum absolute atomic E-state index is 0.0591. The Balaban J connectivity index is 1.80. The van der Waals surface area contributed by atoms with Gasteiger partial charge in [-0.15, -0.1) is 10.2 Å². The molecule has 8 heteroatoms. The number of aromatic nitrogens is 3. The molecule has 31 heavy (non-hydrogen) atoms. The molecule has 0 N–H and O–H groups in total. The predicted octanol–water partition coefficient (Wildman–Crippen LogP) is 3.93. The number of rotatable bonds is 9. The first-order chi connectivity index (χ1) is 15.0. The number of carbonyl (C=O) groups is 1. The summed E-state index contributed by atoms with van der Waals surface area (Å²) in [7, 11) is 1.70. The van der Waals surface area contributed by atoms with E-state index in [2.05, 4.69) is 16.3 Å². The van der Waals surface area contributed by atoms with Gasteiger partial charge in [0.1, 0.15) is 12.4 Å². The van der Waals surface area contributed by atoms with E-state index in [0.29, 0.717) is 23.9 Å². The number of carbonyl (C=O) groups excluding carboxylic acids is 1. The molecule has 0 bridgehead atoms. The Morgan fingerprint density at radius 1 is 1.13 bits per heavy atom. The van der Waals surface area contributed by atoms with Crippen molar-refractivity contribution in [2.24, 2.45) is 0 Å². The van der Waals surface area contributed by atoms with E-state index in [0.717, 1.165) is 22.6 Å². The van der Waals surface area contributed by atoms with E-state index in [1.54, 1.807) is 11.9 Å². The van der Waals surface area contributed by atoms with Gasteiger partial charge in [0.05, 0.1) is 18.2 Å². The maximum Gasteiger partial charge on any atom is 0.232 e. The molecule has 7 nitrogen and oxygen atoms in total. The van der Waals surface area contributed by atoms with Crippen molar-refractivity contribution in [2.75, 3.05) is 19.3 Å². The number of ether oxygens (including phenoxy) is 1. The van der Waals surface area contributed by atoms with Gasteiger partial charge in [0.15, 0.2) is 11.0 Å². The fraction of sp³-hybridized carbons (Fsp3) is 0.304. The van der Waals surface area contributed by atoms with Crippen molar-refractivity contribution in [3.05, 3.63) is 65.5 Å². The molecule has 3 aromatic rings. The van der Waals surface area contributed by atoms with Crippen molar-refractivity contribution in [1.82, 2.24) is 19.7 Å². The first-order valence-corrected chi connectivity index (χ1v) is 10.9. The zero-order chi connectivity index (χ0) is 22.2. The topological polar surface area (TPSA) is 84.0 Å². The van der Waals surface area contributed by atoms with E-state index in [1.807, 2.05) is 66.9 Å². The van der Waals surface area contributed by atoms with Gasteiger partial charge in [0.2, 0.25) is 5.91 Å². The fourth-order valence-electron chi connectivity index (χ4n) is 3.07. The van der Waals surface area contributed by atoms with Crippen LogP contribution in [0.25, 0.3) is 5.69 Å². The summed E-state index contributed by atoms with van der Waals surface area (Å²) in [5.41, 5.74) is 3.03. The van der Waals surface area contributed by atoms with Crippen LogP contribution in [0.5, 0.6) is 5.75 Å². The van der Waals surface area contributed by atoms with Crippen LogP contribution in [0.3, 0.4) is 0 Å². The Morgan fingerprint density at radius 2 is 1.84 bits per heavy atom. The fourth-order valence-corrected chi connectivity index (χ4v) is 3.98. The average molecular weight is 436 g/mol. The maximum absolute atomic E-state index is 12.4. The van der Waals surface area contributed by atoms with Gasteiger partial charge in [0, 0.05) is 19.3 Å². The number of benzene rings is 2. The lowest BCUT2D eigenvalue weighted by Crippen LogP contribution is -2.29. The second-order valence-electron chi connectivity index (χ2n) is 7.09. The van der Waals surface area contributed by atoms with Crippen molar-refractivity contribution in [2.45, 2.75) is 32.0 Å². The van der Waals surface area contributed by atoms with Gasteiger partial charge in [-0.05, 0) is 37.1 Å². The highest BCUT2D eigenvalue weighted by Crippen LogP contribution is 2.26. The summed E-state index contributed by atoms with van der Waals surface area (Å²) < 4.78 is 8.02. The normalized spacial score (nSPS) is 10.5. The molecular weight excluding hydrogens is 410 g/mol. The number of hydrogen-bond acceptors (Lipinski definition) is 6. The SMILES string of the molecule is Cc1cccc(C)c1OCc1nnc(SCC(=O)N(C)CCC#N)n1-c1ccccc1. The molecule has 0 saturated heterocycles. The molecule has 2 aromatic carbocycles. The zero-order valence-corrected chi connectivity index (χ0v) is 18.7. The van der Waals surface area contributed by atoms with E-state index in [4.69, 9.17) is 10.00 Å². The molecule has 0 fully saturated rings. The lowest BCUT2D eigenvalue weighted by molar-refractivity contribution is -0.127. The molecule has 160 valence electrons. The van der Waals surface area contributed by atoms with Crippen LogP contribution >= 0.6 is 11.8 Å². The molecule has 0 aliphatic carbocycles. The minimum Gasteiger partial charge on any atom is -0.485 e. The Kier molecular flexibility index (Phi) is 7.68. The molecule has 0 radical (unpaired) electrons. The Labute approximate surface area is 186 Å². The van der Waals surface area contributed by atoms with Gasteiger partial charge in [-0.3, -0.25) is 9.36 Å². The number of para-hydroxylation sites is 2. The van der Waals surface area contributed by atoms with Crippen LogP contribution in [0, 0.1) is 25.2 Å². The Bertz CT molecular complexity index is 1060. The van der Waals surface area contributed by atoms with Crippen LogP contribution in [0.2, 0.25) is 0 Å². The molecular formula is C23H25N5O2S. The molecule has 3 rings (SSSR count). The van der Waals surface area contributed by atoms with Gasteiger partial charge >= 0.3 is 0 Å². The third-order valence-corrected chi connectivity index (χ3v) is 5.69. The van der Waals surface area contributed by atoms with E-state index in [9.17, 15) is 4.79 Å². The highest BCUT2D eigenvalue weighted by molar-refractivity contribution is 7.99. The smallest absolute Gasteiger partial charge is 0.232 e. The molecule has 1 aromatic heterocycles. The summed E-state index contributed by atoms with van der Waals surface area (Å²) in [5, 5.41) is 18.0. The number of aryl methyl sites for hydroxylation is 2. The second kappa shape index (κ2) is 10.6. The number of thioether (sulfide) groups is 1. The lowest BCUT2D eigenvalue weighted by atomic mass is 10.1. The Hall–Kier alpha value is -3.31. The highest BCUT2D eigenvalue weighted by atomic mass is 32.2. The van der Waals surface area contributed by atoms with Crippen LogP contribution in [-0.4, -0.2) is 44.9 Å². The maximum atomic E-state index is 12.4. The van der Waals surface area contributed by atoms with Crippen molar-refractivity contribution in [1.29, 1.82) is 5.26 Å². The quantitative estimate of drug-likeness (QED) is 0.474. The van der Waals surface area contributed by atoms with Gasteiger partial charge < -0.3 is 9.64 Å². The van der Waals surface area contributed by atoms with Crippen molar-refractivity contribution < 1.29 is 9.53 Å². The number of hydrogen-bond donors (Lipinski definition) is 0. The third-order valence-electron chi connectivity index (χ3n) is 4.78. The second-order valence-corrected chi connectivity index (χ2v) is 8.03. The molecule has 1 heterocycles. The van der Waals surface area contributed by atoms with Crippen LogP contribution in [-0.2, 0) is 11.4 Å². The summed E-state index contributed by atoms with van der Waals surface area (Å²) in [6, 6.07) is 17.9. The van der Waals surface area contributed by atoms with Crippen LogP contribution in [0.4, 0.5) is 0 Å². The highest BCUT2D eigenvalue weighted by Gasteiger charge is 2.18. The summed E-state index contributed by atoms with van der Waals surface area (Å²) in [4.78, 5) is 13.9. The number of nitriles is 1. The average Bonchev–Trinajstić information content (AvgIpc) is 3.18. The van der Waals surface area contributed by atoms with Crippen molar-refractivity contribution in [3.63, 3.8) is 0 Å². The first-order valence-electron chi connectivity index (χ1n) is 9.93. The molecule has 0 saturated carbocycles. The van der Waals surface area contributed by atoms with E-state index < -0.39 is 0 Å². The largest absolute Gasteiger partial charge is 0.485 e. The van der Waals surface area contributed by atoms with E-state index >= 15 is 0 Å². The number of amides is 1. The summed E-state index contributed by atoms with van der Waals surface area (Å²) in [5.74, 6) is 1.65. The lowest BCUT2D eigenvalue weighted by Gasteiger charge is -2.15. The molecule has 1 amide bonds. The molecule has 0 unspecified atom stereocenters. The third kappa shape index (κ3) is 5.64. The molecule has 0 aliphatic rings. The predicted molar refractivity (Wildman–Crippen MR) is 120 cm³/mol. The molecule has 0 aliphatic heterocycles. The summed E-state index contributed by atoms with van der Waals surface area (Å²) in [6.07, 6.45) is 0.312. The first kappa shape index (κ1) is 22.4. The van der Waals surface area contributed by atoms with E-state index in [1.165, 1.54) is 11.8 Å². The van der Waals surface area contributed by atoms with Gasteiger partial charge in [-0.1, -0.05) is 48.2 Å². The van der Waals surface area contributed by atoms with Crippen LogP contribution in [0.15, 0.2) is 53.7 Å².